The molecule has 0 aliphatic carbocycles. The third-order valence-electron chi connectivity index (χ3n) is 3.67. The van der Waals surface area contributed by atoms with E-state index in [1.807, 2.05) is 0 Å². The Morgan fingerprint density at radius 3 is 2.86 bits per heavy atom. The third kappa shape index (κ3) is 3.75. The van der Waals surface area contributed by atoms with Gasteiger partial charge in [0.05, 0.1) is 0 Å². The first-order chi connectivity index (χ1) is 9.93. The molecule has 1 saturated heterocycles. The summed E-state index contributed by atoms with van der Waals surface area (Å²) in [7, 11) is 0. The summed E-state index contributed by atoms with van der Waals surface area (Å²) >= 11 is 1.52. The van der Waals surface area contributed by atoms with Gasteiger partial charge in [-0.1, -0.05) is 19.1 Å². The number of nitrogens with one attached hydrogen (secondary N) is 1. The maximum absolute atomic E-state index is 13.1. The van der Waals surface area contributed by atoms with Gasteiger partial charge in [0, 0.05) is 11.7 Å². The highest BCUT2D eigenvalue weighted by atomic mass is 32.2. The molecule has 2 N–H and O–H groups in total. The highest BCUT2D eigenvalue weighted by Crippen LogP contribution is 2.28. The Kier molecular flexibility index (Phi) is 4.88. The maximum Gasteiger partial charge on any atom is 0.330 e. The van der Waals surface area contributed by atoms with Crippen molar-refractivity contribution in [2.45, 2.75) is 25.3 Å². The molecule has 0 saturated carbocycles. The predicted molar refractivity (Wildman–Crippen MR) is 79.7 cm³/mol. The molecule has 2 rings (SSSR count). The molecule has 1 aliphatic rings. The monoisotopic (exact) mass is 311 g/mol. The number of halogens is 1. The fourth-order valence-electron chi connectivity index (χ4n) is 2.35. The van der Waals surface area contributed by atoms with Gasteiger partial charge in [0.1, 0.15) is 11.4 Å². The summed E-state index contributed by atoms with van der Waals surface area (Å²) < 4.78 is 13.1. The molecular weight excluding hydrogens is 293 g/mol. The van der Waals surface area contributed by atoms with Gasteiger partial charge in [-0.25, -0.2) is 9.18 Å². The summed E-state index contributed by atoms with van der Waals surface area (Å²) in [5.41, 5.74) is -0.430. The summed E-state index contributed by atoms with van der Waals surface area (Å²) in [6.07, 6.45) is 0.817. The number of benzene rings is 1. The largest absolute Gasteiger partial charge is 0.479 e. The number of carbonyl (C=O) groups excluding carboxylic acids is 1. The minimum absolute atomic E-state index is 0.302. The number of rotatable bonds is 5. The minimum Gasteiger partial charge on any atom is -0.479 e. The van der Waals surface area contributed by atoms with E-state index < -0.39 is 17.4 Å². The SMILES string of the molecule is CC(Cc1cccc(F)c1)C(=O)NC1(C(=O)O)CCSC1. The number of amides is 1. The molecule has 114 valence electrons. The Labute approximate surface area is 127 Å². The minimum atomic E-state index is -1.15. The Hall–Kier alpha value is -1.56. The van der Waals surface area contributed by atoms with E-state index in [1.54, 1.807) is 19.1 Å². The average molecular weight is 311 g/mol. The summed E-state index contributed by atoms with van der Waals surface area (Å²) in [4.78, 5) is 23.6. The van der Waals surface area contributed by atoms with Crippen molar-refractivity contribution in [3.63, 3.8) is 0 Å². The van der Waals surface area contributed by atoms with Crippen molar-refractivity contribution in [1.82, 2.24) is 5.32 Å². The van der Waals surface area contributed by atoms with Gasteiger partial charge in [0.15, 0.2) is 0 Å². The lowest BCUT2D eigenvalue weighted by Crippen LogP contribution is -2.56. The Morgan fingerprint density at radius 2 is 2.29 bits per heavy atom. The average Bonchev–Trinajstić information content (AvgIpc) is 2.88. The number of carbonyl (C=O) groups is 2. The van der Waals surface area contributed by atoms with E-state index in [0.717, 1.165) is 11.3 Å². The van der Waals surface area contributed by atoms with Crippen molar-refractivity contribution in [3.05, 3.63) is 35.6 Å². The van der Waals surface area contributed by atoms with Crippen LogP contribution in [0.15, 0.2) is 24.3 Å². The van der Waals surface area contributed by atoms with E-state index in [0.29, 0.717) is 18.6 Å². The Balaban J connectivity index is 2.01. The van der Waals surface area contributed by atoms with E-state index in [4.69, 9.17) is 0 Å². The molecule has 1 amide bonds. The third-order valence-corrected chi connectivity index (χ3v) is 4.86. The number of hydrogen-bond acceptors (Lipinski definition) is 3. The van der Waals surface area contributed by atoms with Gasteiger partial charge in [0.25, 0.3) is 0 Å². The van der Waals surface area contributed by atoms with Crippen LogP contribution in [0.5, 0.6) is 0 Å². The topological polar surface area (TPSA) is 66.4 Å². The van der Waals surface area contributed by atoms with Crippen molar-refractivity contribution in [2.75, 3.05) is 11.5 Å². The summed E-state index contributed by atoms with van der Waals surface area (Å²) in [5, 5.41) is 12.0. The number of thioether (sulfide) groups is 1. The van der Waals surface area contributed by atoms with Crippen molar-refractivity contribution in [3.8, 4) is 0 Å². The second-order valence-corrected chi connectivity index (χ2v) is 6.52. The quantitative estimate of drug-likeness (QED) is 0.874. The van der Waals surface area contributed by atoms with Crippen molar-refractivity contribution in [2.24, 2.45) is 5.92 Å². The van der Waals surface area contributed by atoms with Crippen LogP contribution >= 0.6 is 11.8 Å². The van der Waals surface area contributed by atoms with Crippen molar-refractivity contribution < 1.29 is 19.1 Å². The first-order valence-electron chi connectivity index (χ1n) is 6.80. The molecule has 21 heavy (non-hydrogen) atoms. The van der Waals surface area contributed by atoms with E-state index in [9.17, 15) is 19.1 Å². The zero-order valence-electron chi connectivity index (χ0n) is 11.8. The molecule has 0 radical (unpaired) electrons. The fourth-order valence-corrected chi connectivity index (χ4v) is 3.68. The van der Waals surface area contributed by atoms with Crippen LogP contribution in [-0.2, 0) is 16.0 Å². The second-order valence-electron chi connectivity index (χ2n) is 5.41. The van der Waals surface area contributed by atoms with Crippen LogP contribution in [0.1, 0.15) is 18.9 Å². The number of hydrogen-bond donors (Lipinski definition) is 2. The Bertz CT molecular complexity index is 543. The van der Waals surface area contributed by atoms with Gasteiger partial charge < -0.3 is 10.4 Å². The summed E-state index contributed by atoms with van der Waals surface area (Å²) in [6.45, 7) is 1.72. The first-order valence-corrected chi connectivity index (χ1v) is 7.96. The van der Waals surface area contributed by atoms with Gasteiger partial charge in [-0.2, -0.15) is 11.8 Å². The standard InChI is InChI=1S/C15H18FNO3S/c1-10(7-11-3-2-4-12(16)8-11)13(18)17-15(14(19)20)5-6-21-9-15/h2-4,8,10H,5-7,9H2,1H3,(H,17,18)(H,19,20). The first kappa shape index (κ1) is 15.8. The highest BCUT2D eigenvalue weighted by molar-refractivity contribution is 7.99. The van der Waals surface area contributed by atoms with Crippen LogP contribution in [0.4, 0.5) is 4.39 Å². The molecule has 0 bridgehead atoms. The fraction of sp³-hybridized carbons (Fsp3) is 0.467. The highest BCUT2D eigenvalue weighted by Gasteiger charge is 2.43. The van der Waals surface area contributed by atoms with Crippen molar-refractivity contribution in [1.29, 1.82) is 0 Å². The molecule has 1 aromatic rings. The van der Waals surface area contributed by atoms with Crippen LogP contribution in [0.2, 0.25) is 0 Å². The summed E-state index contributed by atoms with van der Waals surface area (Å²) in [5.74, 6) is -0.920. The molecule has 2 unspecified atom stereocenters. The number of aliphatic carboxylic acids is 1. The van der Waals surface area contributed by atoms with Crippen LogP contribution in [0.3, 0.4) is 0 Å². The predicted octanol–water partition coefficient (Wildman–Crippen LogP) is 2.08. The van der Waals surface area contributed by atoms with Crippen LogP contribution in [-0.4, -0.2) is 34.0 Å². The van der Waals surface area contributed by atoms with E-state index >= 15 is 0 Å². The molecule has 2 atom stereocenters. The Morgan fingerprint density at radius 1 is 1.52 bits per heavy atom. The molecule has 1 aromatic carbocycles. The molecule has 6 heteroatoms. The smallest absolute Gasteiger partial charge is 0.330 e. The second kappa shape index (κ2) is 6.47. The molecule has 0 spiro atoms. The van der Waals surface area contributed by atoms with Gasteiger partial charge in [-0.15, -0.1) is 0 Å². The molecule has 1 heterocycles. The lowest BCUT2D eigenvalue weighted by atomic mass is 9.95. The van der Waals surface area contributed by atoms with E-state index in [2.05, 4.69) is 5.32 Å². The lowest BCUT2D eigenvalue weighted by molar-refractivity contribution is -0.147. The van der Waals surface area contributed by atoms with Crippen LogP contribution in [0.25, 0.3) is 0 Å². The number of carboxylic acid groups (broad SMARTS) is 1. The van der Waals surface area contributed by atoms with Crippen LogP contribution in [0, 0.1) is 11.7 Å². The molecule has 1 aliphatic heterocycles. The van der Waals surface area contributed by atoms with Gasteiger partial charge in [0.2, 0.25) is 5.91 Å². The van der Waals surface area contributed by atoms with E-state index in [-0.39, 0.29) is 11.7 Å². The lowest BCUT2D eigenvalue weighted by Gasteiger charge is -2.26. The van der Waals surface area contributed by atoms with Crippen molar-refractivity contribution >= 4 is 23.6 Å². The maximum atomic E-state index is 13.1. The molecule has 4 nitrogen and oxygen atoms in total. The normalized spacial score (nSPS) is 22.8. The van der Waals surface area contributed by atoms with Crippen LogP contribution < -0.4 is 5.32 Å². The van der Waals surface area contributed by atoms with Gasteiger partial charge >= 0.3 is 5.97 Å². The number of carboxylic acids is 1. The zero-order chi connectivity index (χ0) is 15.5. The summed E-state index contributed by atoms with van der Waals surface area (Å²) in [6, 6.07) is 6.10. The zero-order valence-corrected chi connectivity index (χ0v) is 12.6. The van der Waals surface area contributed by atoms with E-state index in [1.165, 1.54) is 23.9 Å². The van der Waals surface area contributed by atoms with Gasteiger partial charge in [-0.05, 0) is 36.3 Å². The van der Waals surface area contributed by atoms with Gasteiger partial charge in [-0.3, -0.25) is 4.79 Å². The molecule has 1 fully saturated rings. The molecular formula is C15H18FNO3S. The molecule has 0 aromatic heterocycles.